The van der Waals surface area contributed by atoms with Crippen molar-refractivity contribution in [3.8, 4) is 0 Å². The van der Waals surface area contributed by atoms with Crippen molar-refractivity contribution in [2.24, 2.45) is 4.40 Å². The molecule has 0 aliphatic carbocycles. The molecule has 1 heterocycles. The van der Waals surface area contributed by atoms with E-state index >= 15 is 0 Å². The molecule has 1 aliphatic heterocycles. The average Bonchev–Trinajstić information content (AvgIpc) is 2.12. The van der Waals surface area contributed by atoms with Crippen LogP contribution in [0.1, 0.15) is 0 Å². The van der Waals surface area contributed by atoms with Gasteiger partial charge in [0.1, 0.15) is 6.34 Å². The Morgan fingerprint density at radius 1 is 1.54 bits per heavy atom. The van der Waals surface area contributed by atoms with Crippen LogP contribution >= 0.6 is 12.6 Å². The summed E-state index contributed by atoms with van der Waals surface area (Å²) in [5.41, 5.74) is 0.904. The first-order valence-corrected chi connectivity index (χ1v) is 5.26. The zero-order valence-electron chi connectivity index (χ0n) is 6.97. The standard InChI is InChI=1S/C8H8N2OS2/c1-10-5-9-13(11)8-3-2-6(12)4-7(8)10/h2-5,12H,1H3. The van der Waals surface area contributed by atoms with Crippen molar-refractivity contribution in [2.45, 2.75) is 9.79 Å². The third-order valence-corrected chi connectivity index (χ3v) is 3.11. The molecule has 0 amide bonds. The summed E-state index contributed by atoms with van der Waals surface area (Å²) in [7, 11) is 0.617. The van der Waals surface area contributed by atoms with Crippen LogP contribution in [0.2, 0.25) is 0 Å². The predicted octanol–water partition coefficient (Wildman–Crippen LogP) is 1.48. The highest BCUT2D eigenvalue weighted by Gasteiger charge is 2.15. The molecule has 0 bridgehead atoms. The van der Waals surface area contributed by atoms with Gasteiger partial charge in [-0.2, -0.15) is 4.40 Å². The lowest BCUT2D eigenvalue weighted by molar-refractivity contribution is 0.684. The Labute approximate surface area is 84.5 Å². The summed E-state index contributed by atoms with van der Waals surface area (Å²) in [6.45, 7) is 0. The molecule has 5 heteroatoms. The number of hydrogen-bond acceptors (Lipinski definition) is 3. The number of fused-ring (bicyclic) bond motifs is 1. The molecule has 0 aromatic heterocycles. The van der Waals surface area contributed by atoms with E-state index in [1.807, 2.05) is 24.1 Å². The van der Waals surface area contributed by atoms with E-state index in [1.165, 1.54) is 0 Å². The second kappa shape index (κ2) is 3.16. The zero-order valence-corrected chi connectivity index (χ0v) is 8.68. The Balaban J connectivity index is 2.62. The van der Waals surface area contributed by atoms with E-state index in [-0.39, 0.29) is 0 Å². The molecule has 68 valence electrons. The van der Waals surface area contributed by atoms with Crippen LogP contribution in [0, 0.1) is 0 Å². The van der Waals surface area contributed by atoms with Crippen molar-refractivity contribution in [3.05, 3.63) is 18.2 Å². The maximum atomic E-state index is 11.4. The van der Waals surface area contributed by atoms with Gasteiger partial charge < -0.3 is 4.90 Å². The lowest BCUT2D eigenvalue weighted by Gasteiger charge is -2.20. The highest BCUT2D eigenvalue weighted by molar-refractivity contribution is 7.84. The predicted molar refractivity (Wildman–Crippen MR) is 57.0 cm³/mol. The number of thiol groups is 1. The Bertz CT molecular complexity index is 403. The van der Waals surface area contributed by atoms with Crippen LogP contribution < -0.4 is 4.90 Å². The van der Waals surface area contributed by atoms with E-state index in [2.05, 4.69) is 17.0 Å². The molecule has 0 spiro atoms. The maximum absolute atomic E-state index is 11.4. The van der Waals surface area contributed by atoms with Crippen molar-refractivity contribution < 1.29 is 4.21 Å². The molecule has 0 N–H and O–H groups in total. The summed E-state index contributed by atoms with van der Waals surface area (Å²) in [6, 6.07) is 5.48. The van der Waals surface area contributed by atoms with Crippen molar-refractivity contribution in [1.29, 1.82) is 0 Å². The Morgan fingerprint density at radius 2 is 2.31 bits per heavy atom. The quantitative estimate of drug-likeness (QED) is 0.661. The second-order valence-electron chi connectivity index (χ2n) is 2.73. The van der Waals surface area contributed by atoms with E-state index in [1.54, 1.807) is 12.4 Å². The molecule has 2 rings (SSSR count). The lowest BCUT2D eigenvalue weighted by atomic mass is 10.3. The summed E-state index contributed by atoms with van der Waals surface area (Å²) in [6.07, 6.45) is 1.56. The van der Waals surface area contributed by atoms with Crippen molar-refractivity contribution in [1.82, 2.24) is 0 Å². The van der Waals surface area contributed by atoms with Gasteiger partial charge in [-0.05, 0) is 18.2 Å². The van der Waals surface area contributed by atoms with Gasteiger partial charge in [0.2, 0.25) is 0 Å². The van der Waals surface area contributed by atoms with Gasteiger partial charge in [0, 0.05) is 11.9 Å². The van der Waals surface area contributed by atoms with E-state index in [4.69, 9.17) is 0 Å². The van der Waals surface area contributed by atoms with Crippen LogP contribution in [0.5, 0.6) is 0 Å². The van der Waals surface area contributed by atoms with Crippen molar-refractivity contribution >= 4 is 35.6 Å². The van der Waals surface area contributed by atoms with Gasteiger partial charge >= 0.3 is 0 Å². The minimum Gasteiger partial charge on any atom is -0.334 e. The first-order chi connectivity index (χ1) is 6.18. The Kier molecular flexibility index (Phi) is 2.13. The Morgan fingerprint density at radius 3 is 3.08 bits per heavy atom. The highest BCUT2D eigenvalue weighted by Crippen LogP contribution is 2.28. The lowest BCUT2D eigenvalue weighted by Crippen LogP contribution is -2.20. The second-order valence-corrected chi connectivity index (χ2v) is 4.40. The maximum Gasteiger partial charge on any atom is 0.176 e. The third kappa shape index (κ3) is 1.49. The zero-order chi connectivity index (χ0) is 9.42. The smallest absolute Gasteiger partial charge is 0.176 e. The fourth-order valence-electron chi connectivity index (χ4n) is 1.16. The molecule has 0 saturated carbocycles. The molecule has 1 aliphatic rings. The van der Waals surface area contributed by atoms with Crippen LogP contribution in [0.25, 0.3) is 0 Å². The van der Waals surface area contributed by atoms with Crippen LogP contribution in [0.15, 0.2) is 32.4 Å². The van der Waals surface area contributed by atoms with Crippen molar-refractivity contribution in [2.75, 3.05) is 11.9 Å². The van der Waals surface area contributed by atoms with E-state index in [9.17, 15) is 4.21 Å². The first kappa shape index (κ1) is 8.77. The summed E-state index contributed by atoms with van der Waals surface area (Å²) in [5, 5.41) is 0. The van der Waals surface area contributed by atoms with E-state index in [0.717, 1.165) is 15.5 Å². The van der Waals surface area contributed by atoms with Gasteiger partial charge in [0.15, 0.2) is 11.0 Å². The SMILES string of the molecule is CN1C=NS(=O)c2ccc(S)cc21. The van der Waals surface area contributed by atoms with Crippen LogP contribution in [0.4, 0.5) is 5.69 Å². The van der Waals surface area contributed by atoms with Gasteiger partial charge in [-0.3, -0.25) is 0 Å². The van der Waals surface area contributed by atoms with Crippen LogP contribution in [-0.4, -0.2) is 17.6 Å². The minimum atomic E-state index is -1.25. The monoisotopic (exact) mass is 212 g/mol. The van der Waals surface area contributed by atoms with Crippen LogP contribution in [0.3, 0.4) is 0 Å². The molecular weight excluding hydrogens is 204 g/mol. The molecule has 0 saturated heterocycles. The summed E-state index contributed by atoms with van der Waals surface area (Å²) < 4.78 is 15.2. The topological polar surface area (TPSA) is 32.7 Å². The molecule has 1 aromatic rings. The number of hydrogen-bond donors (Lipinski definition) is 1. The van der Waals surface area contributed by atoms with E-state index < -0.39 is 11.0 Å². The Hall–Kier alpha value is -0.810. The number of rotatable bonds is 0. The minimum absolute atomic E-state index is 0.739. The fraction of sp³-hybridized carbons (Fsp3) is 0.125. The summed E-state index contributed by atoms with van der Waals surface area (Å²) in [5.74, 6) is 0. The highest BCUT2D eigenvalue weighted by atomic mass is 32.2. The van der Waals surface area contributed by atoms with Gasteiger partial charge in [-0.1, -0.05) is 0 Å². The molecule has 13 heavy (non-hydrogen) atoms. The number of benzene rings is 1. The van der Waals surface area contributed by atoms with E-state index in [0.29, 0.717) is 0 Å². The van der Waals surface area contributed by atoms with Gasteiger partial charge in [-0.25, -0.2) is 4.21 Å². The molecule has 0 fully saturated rings. The summed E-state index contributed by atoms with van der Waals surface area (Å²) in [4.78, 5) is 3.43. The molecule has 3 nitrogen and oxygen atoms in total. The number of anilines is 1. The fourth-order valence-corrected chi connectivity index (χ4v) is 2.27. The van der Waals surface area contributed by atoms with Gasteiger partial charge in [0.05, 0.1) is 10.6 Å². The number of nitrogens with zero attached hydrogens (tertiary/aromatic N) is 2. The molecular formula is C8H8N2OS2. The normalized spacial score (nSPS) is 20.2. The van der Waals surface area contributed by atoms with Crippen molar-refractivity contribution in [3.63, 3.8) is 0 Å². The molecule has 1 unspecified atom stereocenters. The largest absolute Gasteiger partial charge is 0.334 e. The molecule has 1 aromatic carbocycles. The van der Waals surface area contributed by atoms with Gasteiger partial charge in [0.25, 0.3) is 0 Å². The first-order valence-electron chi connectivity index (χ1n) is 3.70. The molecule has 1 atom stereocenters. The third-order valence-electron chi connectivity index (χ3n) is 1.83. The van der Waals surface area contributed by atoms with Gasteiger partial charge in [-0.15, -0.1) is 12.6 Å². The molecule has 0 radical (unpaired) electrons. The summed E-state index contributed by atoms with van der Waals surface area (Å²) >= 11 is 4.22. The average molecular weight is 212 g/mol. The van der Waals surface area contributed by atoms with Crippen LogP contribution in [-0.2, 0) is 11.0 Å².